The summed E-state index contributed by atoms with van der Waals surface area (Å²) in [6.07, 6.45) is 0. The fourth-order valence-electron chi connectivity index (χ4n) is 1.53. The van der Waals surface area contributed by atoms with Crippen LogP contribution in [-0.2, 0) is 0 Å². The summed E-state index contributed by atoms with van der Waals surface area (Å²) in [6, 6.07) is 8.13. The molecule has 0 radical (unpaired) electrons. The number of ether oxygens (including phenoxy) is 1. The minimum atomic E-state index is 0.672. The molecule has 72 valence electrons. The summed E-state index contributed by atoms with van der Waals surface area (Å²) in [4.78, 5) is 4.43. The van der Waals surface area contributed by atoms with Crippen molar-refractivity contribution >= 4 is 10.9 Å². The maximum Gasteiger partial charge on any atom is 0.213 e. The van der Waals surface area contributed by atoms with E-state index in [2.05, 4.69) is 31.0 Å². The van der Waals surface area contributed by atoms with Crippen LogP contribution in [0.1, 0.15) is 11.1 Å². The molecule has 1 aromatic carbocycles. The molecule has 0 fully saturated rings. The molecule has 0 N–H and O–H groups in total. The van der Waals surface area contributed by atoms with E-state index in [9.17, 15) is 0 Å². The number of hydrogen-bond donors (Lipinski definition) is 0. The van der Waals surface area contributed by atoms with Gasteiger partial charge >= 0.3 is 0 Å². The molecule has 0 saturated heterocycles. The van der Waals surface area contributed by atoms with Crippen LogP contribution in [0.5, 0.6) is 5.88 Å². The van der Waals surface area contributed by atoms with E-state index in [0.717, 1.165) is 10.9 Å². The number of aromatic nitrogens is 1. The number of nitrogens with zero attached hydrogens (tertiary/aromatic N) is 1. The quantitative estimate of drug-likeness (QED) is 0.684. The smallest absolute Gasteiger partial charge is 0.213 e. The van der Waals surface area contributed by atoms with Crippen molar-refractivity contribution in [3.8, 4) is 5.88 Å². The van der Waals surface area contributed by atoms with Gasteiger partial charge in [0.2, 0.25) is 5.88 Å². The lowest BCUT2D eigenvalue weighted by atomic mass is 10.1. The van der Waals surface area contributed by atoms with Crippen LogP contribution in [0.3, 0.4) is 0 Å². The molecule has 0 bridgehead atoms. The minimum absolute atomic E-state index is 0.672. The Morgan fingerprint density at radius 1 is 1.07 bits per heavy atom. The van der Waals surface area contributed by atoms with E-state index >= 15 is 0 Å². The monoisotopic (exact) mass is 187 g/mol. The number of methoxy groups -OCH3 is 1. The van der Waals surface area contributed by atoms with Crippen LogP contribution < -0.4 is 4.74 Å². The summed E-state index contributed by atoms with van der Waals surface area (Å²) < 4.78 is 5.11. The molecule has 0 unspecified atom stereocenters. The highest BCUT2D eigenvalue weighted by Crippen LogP contribution is 2.21. The highest BCUT2D eigenvalue weighted by molar-refractivity contribution is 5.83. The van der Waals surface area contributed by atoms with Gasteiger partial charge < -0.3 is 4.74 Å². The SMILES string of the molecule is COc1ccc2ccc(C)c(C)c2n1. The zero-order chi connectivity index (χ0) is 10.1. The normalized spacial score (nSPS) is 10.5. The van der Waals surface area contributed by atoms with Gasteiger partial charge in [0.05, 0.1) is 12.6 Å². The van der Waals surface area contributed by atoms with Gasteiger partial charge in [0.25, 0.3) is 0 Å². The predicted molar refractivity (Wildman–Crippen MR) is 57.8 cm³/mol. The fourth-order valence-corrected chi connectivity index (χ4v) is 1.53. The highest BCUT2D eigenvalue weighted by Gasteiger charge is 2.02. The van der Waals surface area contributed by atoms with Crippen LogP contribution in [0.25, 0.3) is 10.9 Å². The zero-order valence-corrected chi connectivity index (χ0v) is 8.66. The number of benzene rings is 1. The first-order valence-corrected chi connectivity index (χ1v) is 4.63. The van der Waals surface area contributed by atoms with Gasteiger partial charge in [-0.05, 0) is 31.0 Å². The molecule has 0 aliphatic rings. The van der Waals surface area contributed by atoms with Gasteiger partial charge in [0.15, 0.2) is 0 Å². The Morgan fingerprint density at radius 3 is 2.50 bits per heavy atom. The molecule has 1 heterocycles. The van der Waals surface area contributed by atoms with Gasteiger partial charge in [-0.1, -0.05) is 12.1 Å². The van der Waals surface area contributed by atoms with Crippen LogP contribution in [-0.4, -0.2) is 12.1 Å². The van der Waals surface area contributed by atoms with E-state index in [1.54, 1.807) is 7.11 Å². The average molecular weight is 187 g/mol. The molecule has 0 aliphatic heterocycles. The number of pyridine rings is 1. The van der Waals surface area contributed by atoms with Gasteiger partial charge in [-0.15, -0.1) is 0 Å². The Labute approximate surface area is 83.5 Å². The van der Waals surface area contributed by atoms with Crippen LogP contribution in [0, 0.1) is 13.8 Å². The van der Waals surface area contributed by atoms with Crippen molar-refractivity contribution in [3.63, 3.8) is 0 Å². The van der Waals surface area contributed by atoms with Crippen molar-refractivity contribution in [3.05, 3.63) is 35.4 Å². The minimum Gasteiger partial charge on any atom is -0.481 e. The van der Waals surface area contributed by atoms with Crippen molar-refractivity contribution in [2.45, 2.75) is 13.8 Å². The average Bonchev–Trinajstić information content (AvgIpc) is 2.23. The summed E-state index contributed by atoms with van der Waals surface area (Å²) in [6.45, 7) is 4.18. The third kappa shape index (κ3) is 1.33. The number of fused-ring (bicyclic) bond motifs is 1. The van der Waals surface area contributed by atoms with Gasteiger partial charge in [-0.3, -0.25) is 0 Å². The maximum atomic E-state index is 5.11. The molecule has 2 rings (SSSR count). The zero-order valence-electron chi connectivity index (χ0n) is 8.66. The second-order valence-corrected chi connectivity index (χ2v) is 3.43. The van der Waals surface area contributed by atoms with Gasteiger partial charge in [0, 0.05) is 11.5 Å². The first-order valence-electron chi connectivity index (χ1n) is 4.63. The molecule has 1 aromatic heterocycles. The van der Waals surface area contributed by atoms with E-state index in [-0.39, 0.29) is 0 Å². The Hall–Kier alpha value is -1.57. The van der Waals surface area contributed by atoms with Crippen molar-refractivity contribution in [2.24, 2.45) is 0 Å². The Morgan fingerprint density at radius 2 is 1.79 bits per heavy atom. The van der Waals surface area contributed by atoms with E-state index < -0.39 is 0 Å². The Bertz CT molecular complexity index is 477. The van der Waals surface area contributed by atoms with Crippen molar-refractivity contribution in [1.29, 1.82) is 0 Å². The number of hydrogen-bond acceptors (Lipinski definition) is 2. The summed E-state index contributed by atoms with van der Waals surface area (Å²) in [5, 5.41) is 1.16. The lowest BCUT2D eigenvalue weighted by Crippen LogP contribution is -1.91. The molecule has 0 atom stereocenters. The number of aryl methyl sites for hydroxylation is 2. The summed E-state index contributed by atoms with van der Waals surface area (Å²) >= 11 is 0. The second kappa shape index (κ2) is 3.29. The predicted octanol–water partition coefficient (Wildman–Crippen LogP) is 2.86. The third-order valence-corrected chi connectivity index (χ3v) is 2.57. The van der Waals surface area contributed by atoms with Crippen molar-refractivity contribution in [1.82, 2.24) is 4.98 Å². The van der Waals surface area contributed by atoms with Crippen LogP contribution in [0.15, 0.2) is 24.3 Å². The second-order valence-electron chi connectivity index (χ2n) is 3.43. The largest absolute Gasteiger partial charge is 0.481 e. The number of rotatable bonds is 1. The molecule has 0 amide bonds. The molecule has 2 nitrogen and oxygen atoms in total. The molecular weight excluding hydrogens is 174 g/mol. The molecule has 2 heteroatoms. The summed E-state index contributed by atoms with van der Waals surface area (Å²) in [5.74, 6) is 0.672. The lowest BCUT2D eigenvalue weighted by molar-refractivity contribution is 0.399. The topological polar surface area (TPSA) is 22.1 Å². The third-order valence-electron chi connectivity index (χ3n) is 2.57. The van der Waals surface area contributed by atoms with Crippen molar-refractivity contribution in [2.75, 3.05) is 7.11 Å². The first-order chi connectivity index (χ1) is 6.72. The first kappa shape index (κ1) is 9.00. The standard InChI is InChI=1S/C12H13NO/c1-8-4-5-10-6-7-11(14-3)13-12(10)9(8)2/h4-7H,1-3H3. The van der Waals surface area contributed by atoms with Gasteiger partial charge in [0.1, 0.15) is 0 Å². The lowest BCUT2D eigenvalue weighted by Gasteiger charge is -2.06. The molecular formula is C12H13NO. The van der Waals surface area contributed by atoms with Crippen LogP contribution >= 0.6 is 0 Å². The van der Waals surface area contributed by atoms with Crippen molar-refractivity contribution < 1.29 is 4.74 Å². The molecule has 2 aromatic rings. The van der Waals surface area contributed by atoms with E-state index in [0.29, 0.717) is 5.88 Å². The van der Waals surface area contributed by atoms with E-state index in [1.165, 1.54) is 11.1 Å². The molecule has 0 saturated carbocycles. The fraction of sp³-hybridized carbons (Fsp3) is 0.250. The molecule has 14 heavy (non-hydrogen) atoms. The Balaban J connectivity index is 2.78. The summed E-state index contributed by atoms with van der Waals surface area (Å²) in [7, 11) is 1.64. The maximum absolute atomic E-state index is 5.11. The Kier molecular flexibility index (Phi) is 2.12. The molecule has 0 aliphatic carbocycles. The van der Waals surface area contributed by atoms with Crippen LogP contribution in [0.4, 0.5) is 0 Å². The molecule has 0 spiro atoms. The summed E-state index contributed by atoms with van der Waals surface area (Å²) in [5.41, 5.74) is 3.52. The van der Waals surface area contributed by atoms with Gasteiger partial charge in [-0.2, -0.15) is 0 Å². The highest BCUT2D eigenvalue weighted by atomic mass is 16.5. The van der Waals surface area contributed by atoms with Crippen LogP contribution in [0.2, 0.25) is 0 Å². The van der Waals surface area contributed by atoms with Gasteiger partial charge in [-0.25, -0.2) is 4.98 Å². The van der Waals surface area contributed by atoms with E-state index in [1.807, 2.05) is 12.1 Å². The van der Waals surface area contributed by atoms with E-state index in [4.69, 9.17) is 4.74 Å².